The van der Waals surface area contributed by atoms with Crippen LogP contribution in [0.25, 0.3) is 10.8 Å². The summed E-state index contributed by atoms with van der Waals surface area (Å²) in [6.07, 6.45) is 1.60. The number of rotatable bonds is 8. The second-order valence-corrected chi connectivity index (χ2v) is 15.4. The summed E-state index contributed by atoms with van der Waals surface area (Å²) in [5, 5.41) is 15.3. The van der Waals surface area contributed by atoms with E-state index in [1.165, 1.54) is 18.2 Å². The molecule has 4 aromatic carbocycles. The van der Waals surface area contributed by atoms with Gasteiger partial charge in [-0.25, -0.2) is 13.2 Å². The highest BCUT2D eigenvalue weighted by Crippen LogP contribution is 2.30. The van der Waals surface area contributed by atoms with E-state index in [0.29, 0.717) is 24.5 Å². The molecule has 0 spiro atoms. The molecular weight excluding hydrogens is 681 g/mol. The lowest BCUT2D eigenvalue weighted by Crippen LogP contribution is -2.48. The van der Waals surface area contributed by atoms with Crippen molar-refractivity contribution in [3.63, 3.8) is 0 Å². The number of hydrogen-bond acceptors (Lipinski definition) is 7. The van der Waals surface area contributed by atoms with Gasteiger partial charge in [-0.2, -0.15) is 0 Å². The number of nitrogens with zero attached hydrogens (tertiary/aromatic N) is 2. The number of benzene rings is 4. The fraction of sp³-hybridized carbons (Fsp3) is 0.400. The number of sulfonamides is 1. The van der Waals surface area contributed by atoms with E-state index in [1.54, 1.807) is 48.0 Å². The Hall–Kier alpha value is -4.65. The lowest BCUT2D eigenvalue weighted by molar-refractivity contribution is -0.0115. The zero-order chi connectivity index (χ0) is 37.4. The number of anilines is 2. The Labute approximate surface area is 307 Å². The van der Waals surface area contributed by atoms with Gasteiger partial charge in [-0.15, -0.1) is 0 Å². The number of nitrogens with one attached hydrogen (secondary N) is 2. The van der Waals surface area contributed by atoms with Crippen LogP contribution >= 0.6 is 0 Å². The van der Waals surface area contributed by atoms with E-state index >= 15 is 0 Å². The molecule has 1 aliphatic heterocycles. The van der Waals surface area contributed by atoms with Crippen LogP contribution in [0, 0.1) is 12.8 Å². The molecule has 52 heavy (non-hydrogen) atoms. The minimum Gasteiger partial charge on any atom is -0.490 e. The third-order valence-corrected chi connectivity index (χ3v) is 10.9. The Morgan fingerprint density at radius 3 is 2.50 bits per heavy atom. The first-order chi connectivity index (χ1) is 24.9. The van der Waals surface area contributed by atoms with E-state index in [0.717, 1.165) is 29.2 Å². The van der Waals surface area contributed by atoms with Gasteiger partial charge in [0.2, 0.25) is 0 Å². The number of amides is 3. The summed E-state index contributed by atoms with van der Waals surface area (Å²) in [7, 11) is -2.23. The predicted molar refractivity (Wildman–Crippen MR) is 204 cm³/mol. The summed E-state index contributed by atoms with van der Waals surface area (Å²) in [4.78, 5) is 31.2. The smallest absolute Gasteiger partial charge is 0.321 e. The van der Waals surface area contributed by atoms with E-state index < -0.39 is 28.1 Å². The van der Waals surface area contributed by atoms with E-state index in [1.807, 2.05) is 63.2 Å². The molecule has 0 saturated carbocycles. The van der Waals surface area contributed by atoms with E-state index in [-0.39, 0.29) is 53.9 Å². The van der Waals surface area contributed by atoms with Gasteiger partial charge in [0.25, 0.3) is 15.9 Å². The maximum atomic E-state index is 14.5. The van der Waals surface area contributed by atoms with Crippen molar-refractivity contribution in [2.24, 2.45) is 5.92 Å². The zero-order valence-corrected chi connectivity index (χ0v) is 31.4. The average molecular weight is 731 g/mol. The maximum Gasteiger partial charge on any atom is 0.321 e. The Bertz CT molecular complexity index is 1950. The average Bonchev–Trinajstić information content (AvgIpc) is 3.12. The van der Waals surface area contributed by atoms with Crippen molar-refractivity contribution in [2.45, 2.75) is 70.1 Å². The third-order valence-electron chi connectivity index (χ3n) is 9.47. The van der Waals surface area contributed by atoms with Gasteiger partial charge < -0.3 is 29.7 Å². The van der Waals surface area contributed by atoms with Gasteiger partial charge in [0.1, 0.15) is 5.75 Å². The number of aliphatic hydroxyl groups excluding tert-OH is 1. The lowest BCUT2D eigenvalue weighted by Gasteiger charge is -2.35. The van der Waals surface area contributed by atoms with Crippen LogP contribution in [0.2, 0.25) is 0 Å². The zero-order valence-electron chi connectivity index (χ0n) is 30.5. The van der Waals surface area contributed by atoms with Crippen molar-refractivity contribution in [2.75, 3.05) is 43.4 Å². The minimum atomic E-state index is -3.94. The van der Waals surface area contributed by atoms with Crippen molar-refractivity contribution < 1.29 is 32.6 Å². The summed E-state index contributed by atoms with van der Waals surface area (Å²) in [5.41, 5.74) is 2.01. The molecule has 0 bridgehead atoms. The van der Waals surface area contributed by atoms with Crippen molar-refractivity contribution >= 4 is 44.1 Å². The highest BCUT2D eigenvalue weighted by Gasteiger charge is 2.31. The molecule has 278 valence electrons. The molecule has 3 N–H and O–H groups in total. The number of carbonyl (C=O) groups is 2. The van der Waals surface area contributed by atoms with Crippen LogP contribution in [0.15, 0.2) is 89.8 Å². The Kier molecular flexibility index (Phi) is 12.8. The maximum absolute atomic E-state index is 14.5. The Morgan fingerprint density at radius 1 is 1.02 bits per heavy atom. The standard InChI is InChI=1S/C40H50N4O7S/c1-27-16-19-33(20-17-27)52(48,49)42-32-18-21-37-35(23-32)39(46)44(29(3)26-45)24-28(2)38(50-22-9-8-11-30(4)51-37)25-43(5)40(47)41-36-15-10-13-31-12-6-7-14-34(31)36/h6-7,10,12-21,23,28-30,38,42,45H,8-9,11,22,24-26H2,1-5H3,(H,41,47)/t28-,29+,30+,38+/m1/s1. The highest BCUT2D eigenvalue weighted by molar-refractivity contribution is 7.92. The summed E-state index contributed by atoms with van der Waals surface area (Å²) < 4.78 is 41.9. The molecule has 11 nitrogen and oxygen atoms in total. The largest absolute Gasteiger partial charge is 0.490 e. The molecule has 1 aliphatic rings. The summed E-state index contributed by atoms with van der Waals surface area (Å²) in [6.45, 7) is 8.13. The second kappa shape index (κ2) is 17.2. The first-order valence-electron chi connectivity index (χ1n) is 17.8. The van der Waals surface area contributed by atoms with Gasteiger partial charge in [-0.3, -0.25) is 9.52 Å². The van der Waals surface area contributed by atoms with Crippen LogP contribution in [0.3, 0.4) is 0 Å². The van der Waals surface area contributed by atoms with Crippen molar-refractivity contribution in [1.29, 1.82) is 0 Å². The van der Waals surface area contributed by atoms with Crippen LogP contribution in [-0.4, -0.2) is 86.9 Å². The molecule has 0 fully saturated rings. The molecule has 4 aromatic rings. The molecule has 0 aromatic heterocycles. The first-order valence-corrected chi connectivity index (χ1v) is 19.3. The van der Waals surface area contributed by atoms with Crippen LogP contribution in [0.5, 0.6) is 5.75 Å². The highest BCUT2D eigenvalue weighted by atomic mass is 32.2. The quantitative estimate of drug-likeness (QED) is 0.179. The Balaban J connectivity index is 1.40. The molecule has 0 saturated heterocycles. The number of hydrogen-bond donors (Lipinski definition) is 3. The van der Waals surface area contributed by atoms with Crippen molar-refractivity contribution in [3.05, 3.63) is 96.1 Å². The molecular formula is C40H50N4O7S. The van der Waals surface area contributed by atoms with Gasteiger partial charge in [0.05, 0.1) is 41.0 Å². The molecule has 1 heterocycles. The molecule has 0 unspecified atom stereocenters. The SMILES string of the molecule is Cc1ccc(S(=O)(=O)Nc2ccc3c(c2)C(=O)N([C@@H](C)CO)C[C@@H](C)[C@H](CN(C)C(=O)Nc2cccc4ccccc24)OCCCC[C@H](C)O3)cc1. The second-order valence-electron chi connectivity index (χ2n) is 13.8. The van der Waals surface area contributed by atoms with Gasteiger partial charge in [0, 0.05) is 43.7 Å². The van der Waals surface area contributed by atoms with E-state index in [4.69, 9.17) is 9.47 Å². The number of fused-ring (bicyclic) bond motifs is 2. The van der Waals surface area contributed by atoms with Gasteiger partial charge in [0.15, 0.2) is 0 Å². The summed E-state index contributed by atoms with van der Waals surface area (Å²) >= 11 is 0. The van der Waals surface area contributed by atoms with Crippen LogP contribution in [-0.2, 0) is 14.8 Å². The lowest BCUT2D eigenvalue weighted by atomic mass is 10.0. The van der Waals surface area contributed by atoms with E-state index in [2.05, 4.69) is 10.0 Å². The molecule has 0 aliphatic carbocycles. The van der Waals surface area contributed by atoms with Crippen LogP contribution in [0.4, 0.5) is 16.2 Å². The minimum absolute atomic E-state index is 0.0977. The van der Waals surface area contributed by atoms with Gasteiger partial charge >= 0.3 is 6.03 Å². The number of urea groups is 1. The normalized spacial score (nSPS) is 19.5. The van der Waals surface area contributed by atoms with Crippen molar-refractivity contribution in [1.82, 2.24) is 9.80 Å². The molecule has 0 radical (unpaired) electrons. The topological polar surface area (TPSA) is 138 Å². The number of carbonyl (C=O) groups excluding carboxylic acids is 2. The molecule has 5 rings (SSSR count). The van der Waals surface area contributed by atoms with Gasteiger partial charge in [-0.1, -0.05) is 61.0 Å². The number of likely N-dealkylation sites (N-methyl/N-ethyl adjacent to an activating group) is 1. The summed E-state index contributed by atoms with van der Waals surface area (Å²) in [6, 6.07) is 23.9. The molecule has 12 heteroatoms. The van der Waals surface area contributed by atoms with Crippen molar-refractivity contribution in [3.8, 4) is 5.75 Å². The Morgan fingerprint density at radius 2 is 1.75 bits per heavy atom. The van der Waals surface area contributed by atoms with E-state index in [9.17, 15) is 23.1 Å². The number of ether oxygens (including phenoxy) is 2. The third kappa shape index (κ3) is 9.61. The van der Waals surface area contributed by atoms with Crippen LogP contribution < -0.4 is 14.8 Å². The molecule has 3 amide bonds. The monoisotopic (exact) mass is 730 g/mol. The number of aliphatic hydroxyl groups is 1. The van der Waals surface area contributed by atoms with Crippen LogP contribution in [0.1, 0.15) is 56.0 Å². The fourth-order valence-corrected chi connectivity index (χ4v) is 7.33. The van der Waals surface area contributed by atoms with Gasteiger partial charge in [-0.05, 0) is 81.8 Å². The fourth-order valence-electron chi connectivity index (χ4n) is 6.28. The number of aryl methyl sites for hydroxylation is 1. The predicted octanol–water partition coefficient (Wildman–Crippen LogP) is 6.91. The first kappa shape index (κ1) is 38.6. The molecule has 4 atom stereocenters. The summed E-state index contributed by atoms with van der Waals surface area (Å²) in [5.74, 6) is -0.363.